The Morgan fingerprint density at radius 3 is 2.81 bits per heavy atom. The fourth-order valence-electron chi connectivity index (χ4n) is 3.84. The Bertz CT molecular complexity index is 832. The lowest BCUT2D eigenvalue weighted by Crippen LogP contribution is -2.49. The van der Waals surface area contributed by atoms with Crippen molar-refractivity contribution in [1.29, 1.82) is 0 Å². The highest BCUT2D eigenvalue weighted by molar-refractivity contribution is 7.19. The van der Waals surface area contributed by atoms with Gasteiger partial charge in [0.25, 0.3) is 0 Å². The molecule has 6 nitrogen and oxygen atoms in total. The van der Waals surface area contributed by atoms with Crippen molar-refractivity contribution in [1.82, 2.24) is 14.9 Å². The Morgan fingerprint density at radius 2 is 2.08 bits per heavy atom. The summed E-state index contributed by atoms with van der Waals surface area (Å²) in [6.45, 7) is 7.25. The Balaban J connectivity index is 1.64. The molecule has 1 saturated heterocycles. The average Bonchev–Trinajstić information content (AvgIpc) is 2.98. The molecule has 1 atom stereocenters. The zero-order valence-corrected chi connectivity index (χ0v) is 16.7. The number of rotatable bonds is 2. The van der Waals surface area contributed by atoms with Crippen molar-refractivity contribution in [2.75, 3.05) is 37.7 Å². The number of anilines is 1. The molecule has 1 aliphatic heterocycles. The molecule has 0 N–H and O–H groups in total. The van der Waals surface area contributed by atoms with Crippen molar-refractivity contribution < 1.29 is 9.53 Å². The summed E-state index contributed by atoms with van der Waals surface area (Å²) in [6.07, 6.45) is 3.17. The van der Waals surface area contributed by atoms with Gasteiger partial charge in [-0.25, -0.2) is 9.78 Å². The minimum atomic E-state index is -0.236. The van der Waals surface area contributed by atoms with Gasteiger partial charge in [-0.15, -0.1) is 11.3 Å². The SMILES string of the molecule is CCOC(=O)N1CCN(c2nc(Cl)nc3sc4c(c23)CCC(C)C4)CC1. The lowest BCUT2D eigenvalue weighted by molar-refractivity contribution is 0.105. The van der Waals surface area contributed by atoms with Crippen LogP contribution in [-0.4, -0.2) is 53.7 Å². The molecule has 8 heteroatoms. The smallest absolute Gasteiger partial charge is 0.409 e. The lowest BCUT2D eigenvalue weighted by Gasteiger charge is -2.35. The van der Waals surface area contributed by atoms with Gasteiger partial charge in [0, 0.05) is 31.1 Å². The van der Waals surface area contributed by atoms with Crippen molar-refractivity contribution in [3.63, 3.8) is 0 Å². The van der Waals surface area contributed by atoms with Crippen molar-refractivity contribution in [3.05, 3.63) is 15.7 Å². The molecular formula is C18H23ClN4O2S. The maximum absolute atomic E-state index is 11.9. The predicted octanol–water partition coefficient (Wildman–Crippen LogP) is 3.75. The van der Waals surface area contributed by atoms with Crippen LogP contribution in [0.4, 0.5) is 10.6 Å². The van der Waals surface area contributed by atoms with Crippen LogP contribution in [0.1, 0.15) is 30.7 Å². The van der Waals surface area contributed by atoms with Crippen LogP contribution in [0.25, 0.3) is 10.2 Å². The number of piperazine rings is 1. The molecule has 1 unspecified atom stereocenters. The number of fused-ring (bicyclic) bond motifs is 3. The van der Waals surface area contributed by atoms with Gasteiger partial charge in [-0.3, -0.25) is 0 Å². The van der Waals surface area contributed by atoms with E-state index in [1.54, 1.807) is 16.2 Å². The topological polar surface area (TPSA) is 58.6 Å². The minimum absolute atomic E-state index is 0.236. The number of aromatic nitrogens is 2. The number of amides is 1. The third-order valence-corrected chi connectivity index (χ3v) is 6.53. The standard InChI is InChI=1S/C18H23ClN4O2S/c1-3-25-18(24)23-8-6-22(7-9-23)15-14-12-5-4-11(2)10-13(12)26-16(14)21-17(19)20-15/h11H,3-10H2,1-2H3. The zero-order chi connectivity index (χ0) is 18.3. The molecule has 26 heavy (non-hydrogen) atoms. The zero-order valence-electron chi connectivity index (χ0n) is 15.1. The largest absolute Gasteiger partial charge is 0.450 e. The van der Waals surface area contributed by atoms with Crippen LogP contribution in [0.15, 0.2) is 0 Å². The van der Waals surface area contributed by atoms with Crippen LogP contribution in [-0.2, 0) is 17.6 Å². The number of thiophene rings is 1. The van der Waals surface area contributed by atoms with Gasteiger partial charge in [-0.2, -0.15) is 4.98 Å². The van der Waals surface area contributed by atoms with Crippen molar-refractivity contribution >= 4 is 45.1 Å². The van der Waals surface area contributed by atoms with Crippen molar-refractivity contribution in [2.24, 2.45) is 5.92 Å². The molecule has 0 saturated carbocycles. The Kier molecular flexibility index (Phi) is 4.92. The molecule has 2 aromatic heterocycles. The summed E-state index contributed by atoms with van der Waals surface area (Å²) >= 11 is 7.99. The number of nitrogens with zero attached hydrogens (tertiary/aromatic N) is 4. The van der Waals surface area contributed by atoms with E-state index in [1.807, 2.05) is 6.92 Å². The third kappa shape index (κ3) is 3.22. The van der Waals surface area contributed by atoms with E-state index in [-0.39, 0.29) is 6.09 Å². The summed E-state index contributed by atoms with van der Waals surface area (Å²) in [4.78, 5) is 27.4. The molecule has 0 bridgehead atoms. The number of hydrogen-bond donors (Lipinski definition) is 0. The van der Waals surface area contributed by atoms with Crippen LogP contribution in [0, 0.1) is 5.92 Å². The first kappa shape index (κ1) is 17.8. The normalized spacial score (nSPS) is 20.3. The lowest BCUT2D eigenvalue weighted by atomic mass is 9.89. The van der Waals surface area contributed by atoms with E-state index in [4.69, 9.17) is 16.3 Å². The number of hydrogen-bond acceptors (Lipinski definition) is 6. The van der Waals surface area contributed by atoms with Gasteiger partial charge in [-0.05, 0) is 49.3 Å². The Hall–Kier alpha value is -1.60. The first-order chi connectivity index (χ1) is 12.6. The van der Waals surface area contributed by atoms with Gasteiger partial charge in [0.1, 0.15) is 10.6 Å². The number of ether oxygens (including phenoxy) is 1. The Labute approximate surface area is 162 Å². The van der Waals surface area contributed by atoms with Crippen LogP contribution < -0.4 is 4.90 Å². The number of carbonyl (C=O) groups is 1. The summed E-state index contributed by atoms with van der Waals surface area (Å²) < 4.78 is 5.11. The second kappa shape index (κ2) is 7.19. The second-order valence-corrected chi connectivity index (χ2v) is 8.44. The van der Waals surface area contributed by atoms with Gasteiger partial charge in [0.15, 0.2) is 0 Å². The molecule has 0 radical (unpaired) electrons. The molecule has 1 amide bonds. The predicted molar refractivity (Wildman–Crippen MR) is 104 cm³/mol. The monoisotopic (exact) mass is 394 g/mol. The highest BCUT2D eigenvalue weighted by atomic mass is 35.5. The summed E-state index contributed by atoms with van der Waals surface area (Å²) in [5, 5.41) is 1.47. The van der Waals surface area contributed by atoms with E-state index >= 15 is 0 Å². The van der Waals surface area contributed by atoms with Gasteiger partial charge >= 0.3 is 6.09 Å². The molecule has 2 aromatic rings. The number of aryl methyl sites for hydroxylation is 1. The number of halogens is 1. The van der Waals surface area contributed by atoms with Gasteiger partial charge < -0.3 is 14.5 Å². The van der Waals surface area contributed by atoms with Gasteiger partial charge in [0.05, 0.1) is 12.0 Å². The first-order valence-electron chi connectivity index (χ1n) is 9.21. The van der Waals surface area contributed by atoms with E-state index < -0.39 is 0 Å². The van der Waals surface area contributed by atoms with E-state index in [0.29, 0.717) is 25.0 Å². The molecule has 1 fully saturated rings. The maximum Gasteiger partial charge on any atom is 0.409 e. The minimum Gasteiger partial charge on any atom is -0.450 e. The maximum atomic E-state index is 11.9. The fraction of sp³-hybridized carbons (Fsp3) is 0.611. The Morgan fingerprint density at radius 1 is 1.31 bits per heavy atom. The highest BCUT2D eigenvalue weighted by Crippen LogP contribution is 2.41. The van der Waals surface area contributed by atoms with E-state index in [1.165, 1.54) is 22.2 Å². The van der Waals surface area contributed by atoms with E-state index in [0.717, 1.165) is 42.5 Å². The molecule has 1 aliphatic carbocycles. The third-order valence-electron chi connectivity index (χ3n) is 5.21. The second-order valence-electron chi connectivity index (χ2n) is 7.02. The van der Waals surface area contributed by atoms with Crippen LogP contribution in [0.3, 0.4) is 0 Å². The van der Waals surface area contributed by atoms with Crippen molar-refractivity contribution in [2.45, 2.75) is 33.1 Å². The summed E-state index contributed by atoms with van der Waals surface area (Å²) in [7, 11) is 0. The van der Waals surface area contributed by atoms with Crippen LogP contribution >= 0.6 is 22.9 Å². The van der Waals surface area contributed by atoms with Gasteiger partial charge in [0.2, 0.25) is 5.28 Å². The highest BCUT2D eigenvalue weighted by Gasteiger charge is 2.28. The quantitative estimate of drug-likeness (QED) is 0.726. The van der Waals surface area contributed by atoms with Crippen molar-refractivity contribution in [3.8, 4) is 0 Å². The molecule has 0 spiro atoms. The molecule has 2 aliphatic rings. The molecule has 3 heterocycles. The molecule has 140 valence electrons. The number of carbonyl (C=O) groups excluding carboxylic acids is 1. The van der Waals surface area contributed by atoms with Crippen LogP contribution in [0.2, 0.25) is 5.28 Å². The van der Waals surface area contributed by atoms with E-state index in [2.05, 4.69) is 21.8 Å². The summed E-state index contributed by atoms with van der Waals surface area (Å²) in [5.74, 6) is 1.64. The van der Waals surface area contributed by atoms with Gasteiger partial charge in [-0.1, -0.05) is 6.92 Å². The summed E-state index contributed by atoms with van der Waals surface area (Å²) in [6, 6.07) is 0. The van der Waals surface area contributed by atoms with E-state index in [9.17, 15) is 4.79 Å². The molecular weight excluding hydrogens is 372 g/mol. The molecule has 4 rings (SSSR count). The average molecular weight is 395 g/mol. The summed E-state index contributed by atoms with van der Waals surface area (Å²) in [5.41, 5.74) is 1.41. The fourth-order valence-corrected chi connectivity index (χ4v) is 5.43. The molecule has 0 aromatic carbocycles. The first-order valence-corrected chi connectivity index (χ1v) is 10.4. The van der Waals surface area contributed by atoms with Crippen LogP contribution in [0.5, 0.6) is 0 Å².